The molecule has 3 aromatic carbocycles. The molecule has 0 aromatic heterocycles. The zero-order chi connectivity index (χ0) is 29.5. The fraction of sp³-hybridized carbons (Fsp3) is 0.250. The van der Waals surface area contributed by atoms with Gasteiger partial charge in [-0.1, -0.05) is 78.3 Å². The summed E-state index contributed by atoms with van der Waals surface area (Å²) in [5, 5.41) is 33.1. The Morgan fingerprint density at radius 2 is 1.59 bits per heavy atom. The lowest BCUT2D eigenvalue weighted by atomic mass is 9.71. The predicted molar refractivity (Wildman–Crippen MR) is 152 cm³/mol. The van der Waals surface area contributed by atoms with E-state index in [0.29, 0.717) is 11.1 Å². The van der Waals surface area contributed by atoms with Gasteiger partial charge in [0.1, 0.15) is 23.3 Å². The third-order valence-electron chi connectivity index (χ3n) is 7.46. The molecule has 1 spiro atoms. The number of carbonyl (C=O) groups excluding carboxylic acids is 2. The molecule has 0 radical (unpaired) electrons. The number of imide groups is 1. The van der Waals surface area contributed by atoms with Crippen LogP contribution in [-0.4, -0.2) is 27.9 Å². The Morgan fingerprint density at radius 3 is 2.15 bits per heavy atom. The third kappa shape index (κ3) is 4.57. The Morgan fingerprint density at radius 1 is 1.00 bits per heavy atom. The average molecular weight is 567 g/mol. The summed E-state index contributed by atoms with van der Waals surface area (Å²) in [5.74, 6) is -2.36. The molecule has 206 valence electrons. The van der Waals surface area contributed by atoms with Gasteiger partial charge in [-0.3, -0.25) is 4.79 Å². The topological polar surface area (TPSA) is 118 Å². The van der Waals surface area contributed by atoms with E-state index in [1.165, 1.54) is 12.1 Å². The first-order valence-corrected chi connectivity index (χ1v) is 13.4. The summed E-state index contributed by atoms with van der Waals surface area (Å²) < 4.78 is 5.61. The number of hydroxylamine groups is 2. The van der Waals surface area contributed by atoms with Crippen molar-refractivity contribution < 1.29 is 19.5 Å². The van der Waals surface area contributed by atoms with E-state index < -0.39 is 41.0 Å². The van der Waals surface area contributed by atoms with Crippen molar-refractivity contribution in [1.29, 1.82) is 10.5 Å². The summed E-state index contributed by atoms with van der Waals surface area (Å²) in [6.45, 7) is 5.05. The van der Waals surface area contributed by atoms with Crippen molar-refractivity contribution in [3.8, 4) is 12.1 Å². The molecular weight excluding hydrogens is 540 g/mol. The summed E-state index contributed by atoms with van der Waals surface area (Å²) >= 11 is 6.36. The van der Waals surface area contributed by atoms with Crippen molar-refractivity contribution in [3.63, 3.8) is 0 Å². The zero-order valence-corrected chi connectivity index (χ0v) is 23.4. The maximum atomic E-state index is 14.7. The minimum Gasteiger partial charge on any atom is -0.443 e. The highest BCUT2D eigenvalue weighted by Crippen LogP contribution is 2.63. The molecule has 0 saturated carbocycles. The average Bonchev–Trinajstić information content (AvgIpc) is 3.35. The highest BCUT2D eigenvalue weighted by atomic mass is 35.5. The van der Waals surface area contributed by atoms with Crippen LogP contribution in [0.25, 0.3) is 0 Å². The summed E-state index contributed by atoms with van der Waals surface area (Å²) in [6, 6.07) is 26.1. The van der Waals surface area contributed by atoms with Gasteiger partial charge in [0, 0.05) is 22.4 Å². The van der Waals surface area contributed by atoms with Crippen LogP contribution in [0.2, 0.25) is 5.02 Å². The number of allylic oxidation sites excluding steroid dienone is 1. The molecule has 1 N–H and O–H groups in total. The lowest BCUT2D eigenvalue weighted by Crippen LogP contribution is -2.53. The Labute approximate surface area is 243 Å². The van der Waals surface area contributed by atoms with E-state index in [0.717, 1.165) is 15.5 Å². The van der Waals surface area contributed by atoms with Gasteiger partial charge in [-0.2, -0.15) is 15.6 Å². The van der Waals surface area contributed by atoms with Gasteiger partial charge in [0.05, 0.1) is 11.7 Å². The number of rotatable bonds is 3. The molecule has 41 heavy (non-hydrogen) atoms. The van der Waals surface area contributed by atoms with Crippen LogP contribution < -0.4 is 4.90 Å². The number of hydrogen-bond donors (Lipinski definition) is 1. The van der Waals surface area contributed by atoms with Crippen LogP contribution in [0, 0.1) is 28.6 Å². The molecule has 0 aliphatic carbocycles. The molecule has 2 amide bonds. The fourth-order valence-corrected chi connectivity index (χ4v) is 6.15. The van der Waals surface area contributed by atoms with Crippen molar-refractivity contribution >= 4 is 29.3 Å². The van der Waals surface area contributed by atoms with Crippen molar-refractivity contribution in [2.75, 3.05) is 4.90 Å². The molecule has 8 nitrogen and oxygen atoms in total. The number of fused-ring (bicyclic) bond motifs is 2. The second kappa shape index (κ2) is 10.5. The van der Waals surface area contributed by atoms with Gasteiger partial charge in [-0.05, 0) is 50.1 Å². The highest BCUT2D eigenvalue weighted by Gasteiger charge is 2.69. The van der Waals surface area contributed by atoms with Crippen LogP contribution in [0.4, 0.5) is 10.5 Å². The first kappa shape index (κ1) is 28.1. The van der Waals surface area contributed by atoms with Gasteiger partial charge < -0.3 is 9.94 Å². The number of benzene rings is 3. The van der Waals surface area contributed by atoms with Gasteiger partial charge in [0.25, 0.3) is 5.91 Å². The standard InChI is InChI=1S/C32H27ClN4O4/c1-31(2,3)41-30(39)36-26-17-23(33)14-15-24(26)32(29(36)38)25(16-20(18-34)19-35)27(21-10-6-4-7-11-21)28(37(32)40)22-12-8-5-9-13-22/h4-17,25,27-28,40H,1-3H3/t25-,27-,28+,32-/m1/s1. The molecule has 2 heterocycles. The highest BCUT2D eigenvalue weighted by molar-refractivity contribution is 6.31. The molecule has 0 unspecified atom stereocenters. The summed E-state index contributed by atoms with van der Waals surface area (Å²) in [4.78, 5) is 29.2. The molecule has 3 aromatic rings. The normalized spacial score (nSPS) is 23.5. The molecular formula is C32H27ClN4O4. The van der Waals surface area contributed by atoms with Crippen LogP contribution in [0.5, 0.6) is 0 Å². The first-order valence-electron chi connectivity index (χ1n) is 13.0. The summed E-state index contributed by atoms with van der Waals surface area (Å²) in [7, 11) is 0. The predicted octanol–water partition coefficient (Wildman–Crippen LogP) is 6.64. The van der Waals surface area contributed by atoms with Gasteiger partial charge in [-0.15, -0.1) is 0 Å². The Bertz CT molecular complexity index is 1610. The van der Waals surface area contributed by atoms with E-state index in [9.17, 15) is 25.3 Å². The Balaban J connectivity index is 1.85. The van der Waals surface area contributed by atoms with E-state index in [1.54, 1.807) is 32.9 Å². The Kier molecular flexibility index (Phi) is 7.19. The number of ether oxygens (including phenoxy) is 1. The molecule has 9 heteroatoms. The van der Waals surface area contributed by atoms with Gasteiger partial charge in [-0.25, -0.2) is 9.69 Å². The van der Waals surface area contributed by atoms with Gasteiger partial charge >= 0.3 is 6.09 Å². The quantitative estimate of drug-likeness (QED) is 0.353. The van der Waals surface area contributed by atoms with Crippen LogP contribution in [0.1, 0.15) is 49.4 Å². The van der Waals surface area contributed by atoms with Crippen molar-refractivity contribution in [1.82, 2.24) is 5.06 Å². The second-order valence-corrected chi connectivity index (χ2v) is 11.5. The second-order valence-electron chi connectivity index (χ2n) is 11.0. The molecule has 2 aliphatic heterocycles. The molecule has 0 bridgehead atoms. The van der Waals surface area contributed by atoms with E-state index in [4.69, 9.17) is 16.3 Å². The van der Waals surface area contributed by atoms with Crippen LogP contribution in [-0.2, 0) is 15.1 Å². The van der Waals surface area contributed by atoms with Crippen LogP contribution in [0.3, 0.4) is 0 Å². The fourth-order valence-electron chi connectivity index (χ4n) is 5.99. The summed E-state index contributed by atoms with van der Waals surface area (Å²) in [6.07, 6.45) is 0.498. The Hall–Kier alpha value is -4.47. The molecule has 5 rings (SSSR count). The van der Waals surface area contributed by atoms with E-state index in [1.807, 2.05) is 72.8 Å². The molecule has 1 fully saturated rings. The number of carbonyl (C=O) groups is 2. The largest absolute Gasteiger partial charge is 0.443 e. The lowest BCUT2D eigenvalue weighted by Gasteiger charge is -2.35. The zero-order valence-electron chi connectivity index (χ0n) is 22.7. The smallest absolute Gasteiger partial charge is 0.421 e. The number of anilines is 1. The van der Waals surface area contributed by atoms with Crippen molar-refractivity contribution in [2.24, 2.45) is 5.92 Å². The maximum Gasteiger partial charge on any atom is 0.421 e. The molecule has 4 atom stereocenters. The summed E-state index contributed by atoms with van der Waals surface area (Å²) in [5.41, 5.74) is -1.12. The monoisotopic (exact) mass is 566 g/mol. The number of amides is 2. The van der Waals surface area contributed by atoms with E-state index >= 15 is 0 Å². The number of nitrogens with zero attached hydrogens (tertiary/aromatic N) is 4. The van der Waals surface area contributed by atoms with Crippen molar-refractivity contribution in [3.05, 3.63) is 112 Å². The maximum absolute atomic E-state index is 14.7. The minimum absolute atomic E-state index is 0.158. The lowest BCUT2D eigenvalue weighted by molar-refractivity contribution is -0.189. The number of halogens is 1. The van der Waals surface area contributed by atoms with E-state index in [-0.39, 0.29) is 16.3 Å². The van der Waals surface area contributed by atoms with Crippen molar-refractivity contribution in [2.45, 2.75) is 43.9 Å². The van der Waals surface area contributed by atoms with Gasteiger partial charge in [0.2, 0.25) is 0 Å². The number of nitriles is 2. The molecule has 2 aliphatic rings. The number of hydrogen-bond acceptors (Lipinski definition) is 7. The SMILES string of the molecule is CC(C)(C)OC(=O)N1C(=O)[C@@]2(c3ccc(Cl)cc31)[C@H](C=C(C#N)C#N)[C@@H](c1ccccc1)[C@H](c1ccccc1)N2O. The third-order valence-corrected chi connectivity index (χ3v) is 7.70. The van der Waals surface area contributed by atoms with E-state index in [2.05, 4.69) is 0 Å². The van der Waals surface area contributed by atoms with Gasteiger partial charge in [0.15, 0.2) is 5.54 Å². The van der Waals surface area contributed by atoms with Crippen LogP contribution in [0.15, 0.2) is 90.5 Å². The molecule has 1 saturated heterocycles. The minimum atomic E-state index is -1.91. The van der Waals surface area contributed by atoms with Crippen LogP contribution >= 0.6 is 11.6 Å². The first-order chi connectivity index (χ1) is 19.5.